The van der Waals surface area contributed by atoms with Gasteiger partial charge in [-0.15, -0.1) is 0 Å². The first-order chi connectivity index (χ1) is 12.5. The van der Waals surface area contributed by atoms with E-state index in [0.29, 0.717) is 0 Å². The molecule has 8 heteroatoms. The Hall–Kier alpha value is -3.42. The van der Waals surface area contributed by atoms with E-state index >= 15 is 0 Å². The summed E-state index contributed by atoms with van der Waals surface area (Å²) in [6, 6.07) is 13.8. The SMILES string of the molecule is COC(=O)[C@@H](Cc1ccccc1)NC(=O)COc1cccc([N+](=O)[O-])c1. The Balaban J connectivity index is 1.95. The highest BCUT2D eigenvalue weighted by Gasteiger charge is 2.22. The van der Waals surface area contributed by atoms with E-state index in [9.17, 15) is 19.7 Å². The zero-order valence-corrected chi connectivity index (χ0v) is 14.1. The molecule has 0 radical (unpaired) electrons. The molecule has 26 heavy (non-hydrogen) atoms. The lowest BCUT2D eigenvalue weighted by Crippen LogP contribution is -2.44. The monoisotopic (exact) mass is 358 g/mol. The van der Waals surface area contributed by atoms with Crippen molar-refractivity contribution in [2.75, 3.05) is 13.7 Å². The number of benzene rings is 2. The third-order valence-electron chi connectivity index (χ3n) is 3.50. The number of carbonyl (C=O) groups is 2. The van der Waals surface area contributed by atoms with Crippen molar-refractivity contribution in [3.8, 4) is 5.75 Å². The van der Waals surface area contributed by atoms with Crippen molar-refractivity contribution < 1.29 is 24.0 Å². The van der Waals surface area contributed by atoms with Gasteiger partial charge in [-0.2, -0.15) is 0 Å². The second kappa shape index (κ2) is 9.16. The minimum absolute atomic E-state index is 0.139. The Morgan fingerprint density at radius 2 is 1.88 bits per heavy atom. The fourth-order valence-electron chi connectivity index (χ4n) is 2.26. The first-order valence-corrected chi connectivity index (χ1v) is 7.78. The van der Waals surface area contributed by atoms with Crippen LogP contribution in [0.15, 0.2) is 54.6 Å². The third-order valence-corrected chi connectivity index (χ3v) is 3.50. The zero-order valence-electron chi connectivity index (χ0n) is 14.1. The molecule has 8 nitrogen and oxygen atoms in total. The van der Waals surface area contributed by atoms with Crippen molar-refractivity contribution in [3.05, 3.63) is 70.3 Å². The lowest BCUT2D eigenvalue weighted by atomic mass is 10.1. The molecule has 2 aromatic carbocycles. The van der Waals surface area contributed by atoms with Gasteiger partial charge in [-0.1, -0.05) is 36.4 Å². The number of carbonyl (C=O) groups excluding carboxylic acids is 2. The number of nitrogens with one attached hydrogen (secondary N) is 1. The minimum Gasteiger partial charge on any atom is -0.484 e. The number of ether oxygens (including phenoxy) is 2. The van der Waals surface area contributed by atoms with Crippen molar-refractivity contribution in [1.29, 1.82) is 0 Å². The molecule has 1 amide bonds. The second-order valence-electron chi connectivity index (χ2n) is 5.38. The fraction of sp³-hybridized carbons (Fsp3) is 0.222. The van der Waals surface area contributed by atoms with Gasteiger partial charge >= 0.3 is 5.97 Å². The predicted molar refractivity (Wildman–Crippen MR) is 92.7 cm³/mol. The summed E-state index contributed by atoms with van der Waals surface area (Å²) in [7, 11) is 1.24. The van der Waals surface area contributed by atoms with Gasteiger partial charge in [0.1, 0.15) is 11.8 Å². The molecule has 0 aliphatic heterocycles. The highest BCUT2D eigenvalue weighted by atomic mass is 16.6. The van der Waals surface area contributed by atoms with Crippen LogP contribution < -0.4 is 10.1 Å². The van der Waals surface area contributed by atoms with Crippen molar-refractivity contribution in [3.63, 3.8) is 0 Å². The summed E-state index contributed by atoms with van der Waals surface area (Å²) in [5.41, 5.74) is 0.724. The second-order valence-corrected chi connectivity index (χ2v) is 5.38. The number of methoxy groups -OCH3 is 1. The molecule has 0 aliphatic rings. The van der Waals surface area contributed by atoms with Crippen LogP contribution in [0.3, 0.4) is 0 Å². The third kappa shape index (κ3) is 5.59. The minimum atomic E-state index is -0.858. The van der Waals surface area contributed by atoms with E-state index in [-0.39, 0.29) is 24.5 Å². The zero-order chi connectivity index (χ0) is 18.9. The first kappa shape index (κ1) is 18.9. The molecular weight excluding hydrogens is 340 g/mol. The Morgan fingerprint density at radius 1 is 1.15 bits per heavy atom. The largest absolute Gasteiger partial charge is 0.484 e. The molecule has 0 spiro atoms. The van der Waals surface area contributed by atoms with Gasteiger partial charge in [-0.05, 0) is 11.6 Å². The van der Waals surface area contributed by atoms with E-state index in [2.05, 4.69) is 5.32 Å². The van der Waals surface area contributed by atoms with Crippen LogP contribution in [0.4, 0.5) is 5.69 Å². The standard InChI is InChI=1S/C18H18N2O6/c1-25-18(22)16(10-13-6-3-2-4-7-13)19-17(21)12-26-15-9-5-8-14(11-15)20(23)24/h2-9,11,16H,10,12H2,1H3,(H,19,21)/t16-/m1/s1. The van der Waals surface area contributed by atoms with Gasteiger partial charge in [0.2, 0.25) is 0 Å². The number of non-ortho nitro benzene ring substituents is 1. The van der Waals surface area contributed by atoms with E-state index in [4.69, 9.17) is 9.47 Å². The molecule has 0 saturated carbocycles. The first-order valence-electron chi connectivity index (χ1n) is 7.78. The van der Waals surface area contributed by atoms with Crippen LogP contribution in [0, 0.1) is 10.1 Å². The maximum Gasteiger partial charge on any atom is 0.328 e. The van der Waals surface area contributed by atoms with Crippen LogP contribution in [0.2, 0.25) is 0 Å². The molecule has 1 atom stereocenters. The molecule has 2 rings (SSSR count). The van der Waals surface area contributed by atoms with Crippen molar-refractivity contribution in [2.24, 2.45) is 0 Å². The van der Waals surface area contributed by atoms with Gasteiger partial charge in [0.05, 0.1) is 18.1 Å². The maximum atomic E-state index is 12.1. The summed E-state index contributed by atoms with van der Waals surface area (Å²) in [4.78, 5) is 34.2. The number of esters is 1. The van der Waals surface area contributed by atoms with Crippen molar-refractivity contribution in [2.45, 2.75) is 12.5 Å². The highest BCUT2D eigenvalue weighted by molar-refractivity contribution is 5.85. The summed E-state index contributed by atoms with van der Waals surface area (Å²) >= 11 is 0. The number of hydrogen-bond acceptors (Lipinski definition) is 6. The van der Waals surface area contributed by atoms with E-state index < -0.39 is 22.8 Å². The molecule has 0 saturated heterocycles. The van der Waals surface area contributed by atoms with Gasteiger partial charge in [0, 0.05) is 12.5 Å². The predicted octanol–water partition coefficient (Wildman–Crippen LogP) is 1.87. The Labute approximate surface area is 149 Å². The van der Waals surface area contributed by atoms with E-state index in [1.807, 2.05) is 30.3 Å². The molecule has 0 bridgehead atoms. The lowest BCUT2D eigenvalue weighted by molar-refractivity contribution is -0.384. The van der Waals surface area contributed by atoms with Gasteiger partial charge in [-0.3, -0.25) is 14.9 Å². The van der Waals surface area contributed by atoms with E-state index in [1.165, 1.54) is 31.4 Å². The van der Waals surface area contributed by atoms with Crippen LogP contribution >= 0.6 is 0 Å². The Kier molecular flexibility index (Phi) is 6.67. The molecular formula is C18H18N2O6. The number of hydrogen-bond donors (Lipinski definition) is 1. The topological polar surface area (TPSA) is 108 Å². The van der Waals surface area contributed by atoms with Gasteiger partial charge < -0.3 is 14.8 Å². The van der Waals surface area contributed by atoms with E-state index in [0.717, 1.165) is 5.56 Å². The number of nitro benzene ring substituents is 1. The number of amides is 1. The summed E-state index contributed by atoms with van der Waals surface area (Å²) in [5, 5.41) is 13.3. The Bertz CT molecular complexity index is 778. The molecule has 0 fully saturated rings. The van der Waals surface area contributed by atoms with Crippen molar-refractivity contribution in [1.82, 2.24) is 5.32 Å². The smallest absolute Gasteiger partial charge is 0.328 e. The molecule has 0 heterocycles. The summed E-state index contributed by atoms with van der Waals surface area (Å²) in [6.45, 7) is -0.385. The summed E-state index contributed by atoms with van der Waals surface area (Å²) in [5.74, 6) is -0.924. The molecule has 2 aromatic rings. The number of nitrogens with zero attached hydrogens (tertiary/aromatic N) is 1. The fourth-order valence-corrected chi connectivity index (χ4v) is 2.26. The Morgan fingerprint density at radius 3 is 2.54 bits per heavy atom. The summed E-state index contributed by atoms with van der Waals surface area (Å²) < 4.78 is 9.98. The molecule has 136 valence electrons. The van der Waals surface area contributed by atoms with Crippen molar-refractivity contribution >= 4 is 17.6 Å². The molecule has 0 aliphatic carbocycles. The van der Waals surface area contributed by atoms with Crippen LogP contribution in [-0.4, -0.2) is 36.6 Å². The lowest BCUT2D eigenvalue weighted by Gasteiger charge is -2.17. The van der Waals surface area contributed by atoms with Gasteiger partial charge in [0.15, 0.2) is 6.61 Å². The van der Waals surface area contributed by atoms with Crippen LogP contribution in [0.25, 0.3) is 0 Å². The normalized spacial score (nSPS) is 11.3. The van der Waals surface area contributed by atoms with E-state index in [1.54, 1.807) is 0 Å². The quantitative estimate of drug-likeness (QED) is 0.438. The molecule has 1 N–H and O–H groups in total. The number of rotatable bonds is 8. The molecule has 0 unspecified atom stereocenters. The van der Waals surface area contributed by atoms with Gasteiger partial charge in [0.25, 0.3) is 11.6 Å². The van der Waals surface area contributed by atoms with Crippen LogP contribution in [0.5, 0.6) is 5.75 Å². The average Bonchev–Trinajstić information content (AvgIpc) is 2.66. The number of nitro groups is 1. The summed E-state index contributed by atoms with van der Waals surface area (Å²) in [6.07, 6.45) is 0.274. The van der Waals surface area contributed by atoms with Crippen LogP contribution in [0.1, 0.15) is 5.56 Å². The highest BCUT2D eigenvalue weighted by Crippen LogP contribution is 2.18. The van der Waals surface area contributed by atoms with Crippen LogP contribution in [-0.2, 0) is 20.7 Å². The maximum absolute atomic E-state index is 12.1. The van der Waals surface area contributed by atoms with Gasteiger partial charge in [-0.25, -0.2) is 4.79 Å². The molecule has 0 aromatic heterocycles. The average molecular weight is 358 g/mol.